The van der Waals surface area contributed by atoms with Crippen molar-refractivity contribution in [1.29, 1.82) is 0 Å². The minimum atomic E-state index is -0.706. The van der Waals surface area contributed by atoms with Gasteiger partial charge in [0.1, 0.15) is 12.6 Å². The van der Waals surface area contributed by atoms with Crippen LogP contribution >= 0.6 is 0 Å². The van der Waals surface area contributed by atoms with E-state index in [1.807, 2.05) is 70.4 Å². The Morgan fingerprint density at radius 2 is 1.88 bits per heavy atom. The smallest absolute Gasteiger partial charge is 0.329 e. The van der Waals surface area contributed by atoms with Crippen LogP contribution in [-0.2, 0) is 34.4 Å². The standard InChI is InChI=1S/C20H27N3O3/c1-20(2,3)18(19(25)26-14-15-8-6-5-7-9-15)21-17(24)11-10-16-12-13-23(4)22-16/h5-9,12-13,18H,10-11,14H2,1-4H3,(H,21,24)/t18-/m1/s1. The molecule has 0 aliphatic rings. The number of hydrogen-bond acceptors (Lipinski definition) is 4. The molecule has 0 aliphatic carbocycles. The summed E-state index contributed by atoms with van der Waals surface area (Å²) >= 11 is 0. The maximum Gasteiger partial charge on any atom is 0.329 e. The van der Waals surface area contributed by atoms with Gasteiger partial charge in [-0.05, 0) is 17.0 Å². The molecule has 1 amide bonds. The molecule has 26 heavy (non-hydrogen) atoms. The zero-order chi connectivity index (χ0) is 19.2. The lowest BCUT2D eigenvalue weighted by molar-refractivity contribution is -0.152. The number of benzene rings is 1. The maximum absolute atomic E-state index is 12.5. The molecule has 1 aromatic carbocycles. The Balaban J connectivity index is 1.91. The number of nitrogens with zero attached hydrogens (tertiary/aromatic N) is 2. The van der Waals surface area contributed by atoms with Crippen LogP contribution in [0.1, 0.15) is 38.4 Å². The van der Waals surface area contributed by atoms with E-state index in [4.69, 9.17) is 4.74 Å². The van der Waals surface area contributed by atoms with Crippen LogP contribution < -0.4 is 5.32 Å². The number of hydrogen-bond donors (Lipinski definition) is 1. The number of esters is 1. The monoisotopic (exact) mass is 357 g/mol. The summed E-state index contributed by atoms with van der Waals surface area (Å²) in [6.07, 6.45) is 2.64. The summed E-state index contributed by atoms with van der Waals surface area (Å²) in [5, 5.41) is 7.08. The van der Waals surface area contributed by atoms with Crippen LogP contribution in [0.15, 0.2) is 42.6 Å². The van der Waals surface area contributed by atoms with Gasteiger partial charge in [-0.15, -0.1) is 0 Å². The van der Waals surface area contributed by atoms with E-state index in [1.165, 1.54) is 0 Å². The molecule has 1 aromatic heterocycles. The van der Waals surface area contributed by atoms with Crippen molar-refractivity contribution in [2.75, 3.05) is 0 Å². The predicted molar refractivity (Wildman–Crippen MR) is 99.2 cm³/mol. The van der Waals surface area contributed by atoms with Crippen LogP contribution in [0.3, 0.4) is 0 Å². The van der Waals surface area contributed by atoms with Crippen molar-refractivity contribution in [3.8, 4) is 0 Å². The van der Waals surface area contributed by atoms with Crippen molar-refractivity contribution in [2.45, 2.75) is 46.3 Å². The fourth-order valence-corrected chi connectivity index (χ4v) is 2.51. The summed E-state index contributed by atoms with van der Waals surface area (Å²) in [6.45, 7) is 5.90. The van der Waals surface area contributed by atoms with E-state index in [2.05, 4.69) is 10.4 Å². The van der Waals surface area contributed by atoms with Crippen molar-refractivity contribution in [2.24, 2.45) is 12.5 Å². The van der Waals surface area contributed by atoms with Crippen molar-refractivity contribution < 1.29 is 14.3 Å². The largest absolute Gasteiger partial charge is 0.459 e. The van der Waals surface area contributed by atoms with Crippen LogP contribution in [0.5, 0.6) is 0 Å². The molecule has 2 rings (SSSR count). The zero-order valence-electron chi connectivity index (χ0n) is 15.9. The Bertz CT molecular complexity index is 732. The summed E-state index contributed by atoms with van der Waals surface area (Å²) < 4.78 is 7.11. The molecule has 1 atom stereocenters. The molecule has 0 aliphatic heterocycles. The Hall–Kier alpha value is -2.63. The molecule has 6 heteroatoms. The fraction of sp³-hybridized carbons (Fsp3) is 0.450. The number of amides is 1. The molecule has 2 aromatic rings. The molecule has 0 bridgehead atoms. The first-order valence-corrected chi connectivity index (χ1v) is 8.74. The first-order chi connectivity index (χ1) is 12.3. The average molecular weight is 357 g/mol. The lowest BCUT2D eigenvalue weighted by Gasteiger charge is -2.29. The normalized spacial score (nSPS) is 12.5. The predicted octanol–water partition coefficient (Wildman–Crippen LogP) is 2.63. The van der Waals surface area contributed by atoms with Gasteiger partial charge in [0.25, 0.3) is 0 Å². The number of aromatic nitrogens is 2. The molecular formula is C20H27N3O3. The topological polar surface area (TPSA) is 73.2 Å². The van der Waals surface area contributed by atoms with Crippen molar-refractivity contribution in [3.63, 3.8) is 0 Å². The van der Waals surface area contributed by atoms with Crippen LogP contribution in [-0.4, -0.2) is 27.7 Å². The lowest BCUT2D eigenvalue weighted by atomic mass is 9.86. The summed E-state index contributed by atoms with van der Waals surface area (Å²) in [4.78, 5) is 24.8. The van der Waals surface area contributed by atoms with Crippen LogP contribution in [0.25, 0.3) is 0 Å². The quantitative estimate of drug-likeness (QED) is 0.773. The molecular weight excluding hydrogens is 330 g/mol. The molecule has 0 saturated heterocycles. The van der Waals surface area contributed by atoms with E-state index in [1.54, 1.807) is 4.68 Å². The first-order valence-electron chi connectivity index (χ1n) is 8.74. The Labute approximate surface area is 154 Å². The summed E-state index contributed by atoms with van der Waals surface area (Å²) in [7, 11) is 1.84. The summed E-state index contributed by atoms with van der Waals surface area (Å²) in [5.74, 6) is -0.611. The van der Waals surface area contributed by atoms with Gasteiger partial charge in [-0.2, -0.15) is 5.10 Å². The van der Waals surface area contributed by atoms with Gasteiger partial charge < -0.3 is 10.1 Å². The SMILES string of the molecule is Cn1ccc(CCC(=O)N[C@H](C(=O)OCc2ccccc2)C(C)(C)C)n1. The number of nitrogens with one attached hydrogen (secondary N) is 1. The summed E-state index contributed by atoms with van der Waals surface area (Å²) in [6, 6.07) is 10.7. The zero-order valence-corrected chi connectivity index (χ0v) is 15.9. The minimum absolute atomic E-state index is 0.188. The van der Waals surface area contributed by atoms with Gasteiger partial charge in [-0.1, -0.05) is 51.1 Å². The molecule has 140 valence electrons. The van der Waals surface area contributed by atoms with E-state index in [-0.39, 0.29) is 18.9 Å². The molecule has 0 fully saturated rings. The second-order valence-electron chi connectivity index (χ2n) is 7.44. The highest BCUT2D eigenvalue weighted by atomic mass is 16.5. The molecule has 0 radical (unpaired) electrons. The van der Waals surface area contributed by atoms with E-state index in [9.17, 15) is 9.59 Å². The van der Waals surface area contributed by atoms with Gasteiger partial charge in [0.15, 0.2) is 0 Å². The highest BCUT2D eigenvalue weighted by molar-refractivity contribution is 5.85. The van der Waals surface area contributed by atoms with E-state index < -0.39 is 17.4 Å². The minimum Gasteiger partial charge on any atom is -0.459 e. The fourth-order valence-electron chi connectivity index (χ4n) is 2.51. The molecule has 0 spiro atoms. The average Bonchev–Trinajstić information content (AvgIpc) is 3.01. The van der Waals surface area contributed by atoms with Crippen molar-refractivity contribution >= 4 is 11.9 Å². The third-order valence-electron chi connectivity index (χ3n) is 4.01. The van der Waals surface area contributed by atoms with Crippen molar-refractivity contribution in [1.82, 2.24) is 15.1 Å². The van der Waals surface area contributed by atoms with E-state index in [0.29, 0.717) is 6.42 Å². The van der Waals surface area contributed by atoms with Gasteiger partial charge in [0.2, 0.25) is 5.91 Å². The molecule has 6 nitrogen and oxygen atoms in total. The van der Waals surface area contributed by atoms with Gasteiger partial charge in [0.05, 0.1) is 5.69 Å². The lowest BCUT2D eigenvalue weighted by Crippen LogP contribution is -2.49. The second-order valence-corrected chi connectivity index (χ2v) is 7.44. The third-order valence-corrected chi connectivity index (χ3v) is 4.01. The molecule has 1 N–H and O–H groups in total. The van der Waals surface area contributed by atoms with Gasteiger partial charge >= 0.3 is 5.97 Å². The molecule has 1 heterocycles. The third kappa shape index (κ3) is 6.02. The van der Waals surface area contributed by atoms with Crippen LogP contribution in [0, 0.1) is 5.41 Å². The highest BCUT2D eigenvalue weighted by Crippen LogP contribution is 2.21. The Morgan fingerprint density at radius 1 is 1.19 bits per heavy atom. The number of carbonyl (C=O) groups is 2. The van der Waals surface area contributed by atoms with Gasteiger partial charge in [-0.3, -0.25) is 9.48 Å². The molecule has 0 saturated carbocycles. The van der Waals surface area contributed by atoms with E-state index >= 15 is 0 Å². The summed E-state index contributed by atoms with van der Waals surface area (Å²) in [5.41, 5.74) is 1.31. The highest BCUT2D eigenvalue weighted by Gasteiger charge is 2.34. The van der Waals surface area contributed by atoms with Crippen LogP contribution in [0.4, 0.5) is 0 Å². The van der Waals surface area contributed by atoms with Gasteiger partial charge in [-0.25, -0.2) is 4.79 Å². The Kier molecular flexibility index (Phi) is 6.55. The molecule has 0 unspecified atom stereocenters. The number of ether oxygens (including phenoxy) is 1. The van der Waals surface area contributed by atoms with Crippen molar-refractivity contribution in [3.05, 3.63) is 53.9 Å². The number of aryl methyl sites for hydroxylation is 2. The number of carbonyl (C=O) groups excluding carboxylic acids is 2. The second kappa shape index (κ2) is 8.65. The first kappa shape index (κ1) is 19.7. The van der Waals surface area contributed by atoms with Gasteiger partial charge in [0, 0.05) is 26.1 Å². The van der Waals surface area contributed by atoms with E-state index in [0.717, 1.165) is 11.3 Å². The number of rotatable bonds is 7. The Morgan fingerprint density at radius 3 is 2.46 bits per heavy atom. The maximum atomic E-state index is 12.5. The van der Waals surface area contributed by atoms with Crippen LogP contribution in [0.2, 0.25) is 0 Å².